The van der Waals surface area contributed by atoms with Crippen LogP contribution in [-0.2, 0) is 4.79 Å². The van der Waals surface area contributed by atoms with Crippen molar-refractivity contribution < 1.29 is 23.1 Å². The second-order valence-electron chi connectivity index (χ2n) is 6.34. The molecule has 3 aromatic rings. The highest BCUT2D eigenvalue weighted by molar-refractivity contribution is 6.35. The number of methoxy groups -OCH3 is 1. The van der Waals surface area contributed by atoms with Gasteiger partial charge in [0, 0.05) is 17.3 Å². The van der Waals surface area contributed by atoms with Gasteiger partial charge in [0.05, 0.1) is 23.4 Å². The molecule has 5 nitrogen and oxygen atoms in total. The number of hydrogen-bond acceptors (Lipinski definition) is 4. The summed E-state index contributed by atoms with van der Waals surface area (Å²) in [5.74, 6) is -2.33. The molecule has 2 N–H and O–H groups in total. The Kier molecular flexibility index (Phi) is 6.32. The smallest absolute Gasteiger partial charge is 0.237 e. The number of nitrogens with zero attached hydrogens (tertiary/aromatic N) is 1. The third-order valence-corrected chi connectivity index (χ3v) is 4.69. The molecule has 1 amide bonds. The van der Waals surface area contributed by atoms with E-state index in [9.17, 15) is 18.4 Å². The van der Waals surface area contributed by atoms with E-state index in [1.165, 1.54) is 36.3 Å². The Hall–Kier alpha value is -3.45. The highest BCUT2D eigenvalue weighted by atomic mass is 35.5. The predicted molar refractivity (Wildman–Crippen MR) is 110 cm³/mol. The number of hydrogen-bond donors (Lipinski definition) is 1. The number of benzene rings is 3. The van der Waals surface area contributed by atoms with Crippen LogP contribution in [0.1, 0.15) is 15.9 Å². The molecule has 0 saturated carbocycles. The van der Waals surface area contributed by atoms with Gasteiger partial charge in [-0.1, -0.05) is 23.7 Å². The van der Waals surface area contributed by atoms with Crippen molar-refractivity contribution >= 4 is 34.7 Å². The summed E-state index contributed by atoms with van der Waals surface area (Å²) >= 11 is 6.34. The number of ketones is 1. The fourth-order valence-corrected chi connectivity index (χ4v) is 3.27. The fourth-order valence-electron chi connectivity index (χ4n) is 3.00. The molecule has 0 unspecified atom stereocenters. The number of rotatable bonds is 7. The van der Waals surface area contributed by atoms with E-state index in [-0.39, 0.29) is 28.6 Å². The number of anilines is 2. The van der Waals surface area contributed by atoms with E-state index >= 15 is 0 Å². The van der Waals surface area contributed by atoms with E-state index in [4.69, 9.17) is 22.1 Å². The molecule has 0 heterocycles. The molecule has 154 valence electrons. The zero-order valence-electron chi connectivity index (χ0n) is 15.9. The maximum atomic E-state index is 14.3. The lowest BCUT2D eigenvalue weighted by molar-refractivity contribution is -0.116. The number of ether oxygens (including phenoxy) is 1. The molecule has 30 heavy (non-hydrogen) atoms. The average Bonchev–Trinajstić information content (AvgIpc) is 2.71. The Labute approximate surface area is 176 Å². The molecule has 0 bridgehead atoms. The van der Waals surface area contributed by atoms with Gasteiger partial charge in [-0.15, -0.1) is 0 Å². The van der Waals surface area contributed by atoms with Gasteiger partial charge in [-0.25, -0.2) is 8.78 Å². The normalized spacial score (nSPS) is 10.5. The molecular weight excluding hydrogens is 414 g/mol. The van der Waals surface area contributed by atoms with Crippen molar-refractivity contribution in [2.45, 2.75) is 0 Å². The van der Waals surface area contributed by atoms with Gasteiger partial charge < -0.3 is 15.4 Å². The maximum Gasteiger partial charge on any atom is 0.237 e. The molecule has 3 aromatic carbocycles. The first-order valence-corrected chi connectivity index (χ1v) is 9.17. The summed E-state index contributed by atoms with van der Waals surface area (Å²) in [5, 5.41) is 0.0837. The van der Waals surface area contributed by atoms with Crippen LogP contribution in [0.15, 0.2) is 60.7 Å². The first-order valence-electron chi connectivity index (χ1n) is 8.80. The molecule has 8 heteroatoms. The third-order valence-electron chi connectivity index (χ3n) is 4.38. The number of halogens is 3. The lowest BCUT2D eigenvalue weighted by Crippen LogP contribution is -2.30. The van der Waals surface area contributed by atoms with Crippen molar-refractivity contribution in [1.29, 1.82) is 0 Å². The van der Waals surface area contributed by atoms with E-state index in [0.717, 1.165) is 6.07 Å². The van der Waals surface area contributed by atoms with Crippen LogP contribution in [0.2, 0.25) is 5.02 Å². The molecule has 0 fully saturated rings. The minimum atomic E-state index is -0.874. The highest BCUT2D eigenvalue weighted by Gasteiger charge is 2.21. The molecule has 0 radical (unpaired) electrons. The number of carbonyl (C=O) groups excluding carboxylic acids is 2. The lowest BCUT2D eigenvalue weighted by atomic mass is 10.0. The topological polar surface area (TPSA) is 72.6 Å². The Morgan fingerprint density at radius 2 is 1.77 bits per heavy atom. The van der Waals surface area contributed by atoms with Crippen LogP contribution in [0.5, 0.6) is 5.75 Å². The molecule has 0 atom stereocenters. The van der Waals surface area contributed by atoms with Crippen LogP contribution in [0, 0.1) is 11.6 Å². The Morgan fingerprint density at radius 3 is 2.40 bits per heavy atom. The van der Waals surface area contributed by atoms with Crippen LogP contribution >= 0.6 is 11.6 Å². The fraction of sp³-hybridized carbons (Fsp3) is 0.0909. The van der Waals surface area contributed by atoms with Crippen LogP contribution in [0.3, 0.4) is 0 Å². The van der Waals surface area contributed by atoms with Crippen molar-refractivity contribution in [3.05, 3.63) is 88.4 Å². The SMILES string of the molecule is COc1ccccc1C(=O)c1ccc(N(CC(N)=O)c2ccc(F)cc2F)cc1Cl. The number of carbonyl (C=O) groups is 2. The summed E-state index contributed by atoms with van der Waals surface area (Å²) in [4.78, 5) is 25.7. The molecule has 0 aliphatic rings. The van der Waals surface area contributed by atoms with Crippen molar-refractivity contribution in [3.63, 3.8) is 0 Å². The quantitative estimate of drug-likeness (QED) is 0.561. The van der Waals surface area contributed by atoms with Gasteiger partial charge in [-0.05, 0) is 42.5 Å². The van der Waals surface area contributed by atoms with Crippen LogP contribution in [0.25, 0.3) is 0 Å². The van der Waals surface area contributed by atoms with Gasteiger partial charge in [0.25, 0.3) is 0 Å². The summed E-state index contributed by atoms with van der Waals surface area (Å²) in [5.41, 5.74) is 6.07. The standard InChI is InChI=1S/C22H17ClF2N2O3/c1-30-20-5-3-2-4-16(20)22(29)15-8-7-14(11-17(15)23)27(12-21(26)28)19-9-6-13(24)10-18(19)25/h2-11H,12H2,1H3,(H2,26,28). The minimum Gasteiger partial charge on any atom is -0.496 e. The van der Waals surface area contributed by atoms with Gasteiger partial charge in [0.1, 0.15) is 23.9 Å². The largest absolute Gasteiger partial charge is 0.496 e. The lowest BCUT2D eigenvalue weighted by Gasteiger charge is -2.24. The number of para-hydroxylation sites is 1. The van der Waals surface area contributed by atoms with E-state index < -0.39 is 17.5 Å². The number of nitrogens with two attached hydrogens (primary N) is 1. The monoisotopic (exact) mass is 430 g/mol. The van der Waals surface area contributed by atoms with E-state index in [0.29, 0.717) is 23.1 Å². The molecular formula is C22H17ClF2N2O3. The van der Waals surface area contributed by atoms with Gasteiger partial charge >= 0.3 is 0 Å². The molecule has 0 aliphatic carbocycles. The van der Waals surface area contributed by atoms with Crippen molar-refractivity contribution in [2.75, 3.05) is 18.6 Å². The molecule has 3 rings (SSSR count). The zero-order chi connectivity index (χ0) is 21.8. The summed E-state index contributed by atoms with van der Waals surface area (Å²) in [6.07, 6.45) is 0. The van der Waals surface area contributed by atoms with Gasteiger partial charge in [0.2, 0.25) is 5.91 Å². The maximum absolute atomic E-state index is 14.3. The van der Waals surface area contributed by atoms with Crippen LogP contribution in [-0.4, -0.2) is 25.3 Å². The first-order chi connectivity index (χ1) is 14.3. The molecule has 0 saturated heterocycles. The van der Waals surface area contributed by atoms with Gasteiger partial charge in [0.15, 0.2) is 5.78 Å². The third kappa shape index (κ3) is 4.41. The predicted octanol–water partition coefficient (Wildman–Crippen LogP) is 4.48. The Morgan fingerprint density at radius 1 is 1.03 bits per heavy atom. The van der Waals surface area contributed by atoms with Gasteiger partial charge in [-0.2, -0.15) is 0 Å². The highest BCUT2D eigenvalue weighted by Crippen LogP contribution is 2.33. The summed E-state index contributed by atoms with van der Waals surface area (Å²) in [6.45, 7) is -0.376. The Bertz CT molecular complexity index is 1120. The van der Waals surface area contributed by atoms with Crippen molar-refractivity contribution in [3.8, 4) is 5.75 Å². The second-order valence-corrected chi connectivity index (χ2v) is 6.75. The van der Waals surface area contributed by atoms with E-state index in [1.807, 2.05) is 0 Å². The number of amides is 1. The first kappa shape index (κ1) is 21.3. The van der Waals surface area contributed by atoms with Gasteiger partial charge in [-0.3, -0.25) is 9.59 Å². The van der Waals surface area contributed by atoms with Crippen LogP contribution < -0.4 is 15.4 Å². The van der Waals surface area contributed by atoms with E-state index in [1.54, 1.807) is 24.3 Å². The average molecular weight is 431 g/mol. The van der Waals surface area contributed by atoms with Crippen molar-refractivity contribution in [2.24, 2.45) is 5.73 Å². The van der Waals surface area contributed by atoms with E-state index in [2.05, 4.69) is 0 Å². The Balaban J connectivity index is 2.02. The summed E-state index contributed by atoms with van der Waals surface area (Å²) < 4.78 is 32.8. The summed E-state index contributed by atoms with van der Waals surface area (Å²) in [6, 6.07) is 14.0. The zero-order valence-corrected chi connectivity index (χ0v) is 16.6. The number of primary amides is 1. The minimum absolute atomic E-state index is 0.0601. The molecule has 0 aliphatic heterocycles. The summed E-state index contributed by atoms with van der Waals surface area (Å²) in [7, 11) is 1.45. The van der Waals surface area contributed by atoms with Crippen molar-refractivity contribution in [1.82, 2.24) is 0 Å². The van der Waals surface area contributed by atoms with Crippen LogP contribution in [0.4, 0.5) is 20.2 Å². The molecule has 0 spiro atoms. The molecule has 0 aromatic heterocycles. The second kappa shape index (κ2) is 8.92.